The second-order valence-corrected chi connectivity index (χ2v) is 8.14. The quantitative estimate of drug-likeness (QED) is 0.762. The third kappa shape index (κ3) is 4.16. The average Bonchev–Trinajstić information content (AvgIpc) is 2.83. The highest BCUT2D eigenvalue weighted by molar-refractivity contribution is 9.10. The molecule has 3 rings (SSSR count). The molecule has 4 nitrogen and oxygen atoms in total. The molecule has 1 aliphatic heterocycles. The first-order valence-corrected chi connectivity index (χ1v) is 9.27. The monoisotopic (exact) mass is 399 g/mol. The predicted octanol–water partition coefficient (Wildman–Crippen LogP) is 4.41. The van der Waals surface area contributed by atoms with E-state index in [9.17, 15) is 9.18 Å². The van der Waals surface area contributed by atoms with Gasteiger partial charge in [0.05, 0.1) is 6.42 Å². The highest BCUT2D eigenvalue weighted by Crippen LogP contribution is 2.46. The predicted molar refractivity (Wildman–Crippen MR) is 91.6 cm³/mol. The van der Waals surface area contributed by atoms with E-state index in [1.807, 2.05) is 6.92 Å². The van der Waals surface area contributed by atoms with Gasteiger partial charge < -0.3 is 5.32 Å². The second-order valence-electron chi connectivity index (χ2n) is 7.23. The third-order valence-corrected chi connectivity index (χ3v) is 5.40. The fourth-order valence-electron chi connectivity index (χ4n) is 3.74. The molecule has 1 aromatic rings. The maximum absolute atomic E-state index is 13.8. The van der Waals surface area contributed by atoms with E-state index in [-0.39, 0.29) is 30.3 Å². The second kappa shape index (κ2) is 7.10. The summed E-state index contributed by atoms with van der Waals surface area (Å²) in [6.45, 7) is 2.08. The van der Waals surface area contributed by atoms with Gasteiger partial charge in [0.1, 0.15) is 17.0 Å². The van der Waals surface area contributed by atoms with E-state index in [4.69, 9.17) is 9.78 Å². The molecule has 2 fully saturated rings. The number of nitrogens with one attached hydrogen (secondary N) is 1. The first-order chi connectivity index (χ1) is 11.4. The Kier molecular flexibility index (Phi) is 5.27. The lowest BCUT2D eigenvalue weighted by molar-refractivity contribution is -0.351. The molecular weight excluding hydrogens is 377 g/mol. The van der Waals surface area contributed by atoms with Gasteiger partial charge in [-0.2, -0.15) is 0 Å². The van der Waals surface area contributed by atoms with Gasteiger partial charge in [-0.25, -0.2) is 14.2 Å². The molecule has 1 N–H and O–H groups in total. The summed E-state index contributed by atoms with van der Waals surface area (Å²) in [4.78, 5) is 23.5. The van der Waals surface area contributed by atoms with Crippen molar-refractivity contribution in [3.05, 3.63) is 34.1 Å². The molecule has 1 atom stereocenters. The van der Waals surface area contributed by atoms with Gasteiger partial charge in [0, 0.05) is 23.0 Å². The fraction of sp³-hybridized carbons (Fsp3) is 0.611. The van der Waals surface area contributed by atoms with E-state index in [1.165, 1.54) is 12.5 Å². The Balaban J connectivity index is 1.53. The maximum Gasteiger partial charge on any atom is 0.223 e. The normalized spacial score (nSPS) is 25.8. The van der Waals surface area contributed by atoms with Crippen molar-refractivity contribution in [1.82, 2.24) is 5.32 Å². The summed E-state index contributed by atoms with van der Waals surface area (Å²) < 4.78 is 14.5. The van der Waals surface area contributed by atoms with Gasteiger partial charge in [0.15, 0.2) is 0 Å². The summed E-state index contributed by atoms with van der Waals surface area (Å²) in [6, 6.07) is 4.81. The van der Waals surface area contributed by atoms with Crippen LogP contribution in [-0.4, -0.2) is 17.1 Å². The van der Waals surface area contributed by atoms with Crippen molar-refractivity contribution in [2.75, 3.05) is 0 Å². The van der Waals surface area contributed by atoms with E-state index in [1.54, 1.807) is 12.1 Å². The maximum atomic E-state index is 13.8. The highest BCUT2D eigenvalue weighted by atomic mass is 79.9. The summed E-state index contributed by atoms with van der Waals surface area (Å²) in [6.07, 6.45) is 6.47. The molecule has 1 aromatic carbocycles. The molecule has 1 heterocycles. The Morgan fingerprint density at radius 1 is 1.29 bits per heavy atom. The van der Waals surface area contributed by atoms with E-state index >= 15 is 0 Å². The zero-order valence-corrected chi connectivity index (χ0v) is 15.5. The minimum atomic E-state index is -0.611. The molecule has 1 saturated carbocycles. The lowest BCUT2D eigenvalue weighted by Gasteiger charge is -2.30. The van der Waals surface area contributed by atoms with Gasteiger partial charge in [-0.15, -0.1) is 0 Å². The van der Waals surface area contributed by atoms with Crippen molar-refractivity contribution in [3.63, 3.8) is 0 Å². The van der Waals surface area contributed by atoms with E-state index in [2.05, 4.69) is 21.2 Å². The minimum absolute atomic E-state index is 0.156. The van der Waals surface area contributed by atoms with Crippen molar-refractivity contribution in [3.8, 4) is 0 Å². The van der Waals surface area contributed by atoms with Crippen LogP contribution in [0.15, 0.2) is 22.7 Å². The van der Waals surface area contributed by atoms with Crippen molar-refractivity contribution >= 4 is 21.8 Å². The van der Waals surface area contributed by atoms with Gasteiger partial charge in [0.2, 0.25) is 5.91 Å². The Morgan fingerprint density at radius 3 is 2.75 bits per heavy atom. The SMILES string of the molecule is CC1(CC(=O)NCc2ccc(Br)cc2F)CC2(CCCCC2)OO1. The molecule has 1 aliphatic carbocycles. The number of carbonyl (C=O) groups excluding carboxylic acids is 1. The lowest BCUT2D eigenvalue weighted by atomic mass is 9.77. The molecule has 0 aromatic heterocycles. The Bertz CT molecular complexity index is 618. The van der Waals surface area contributed by atoms with E-state index in [0.29, 0.717) is 10.0 Å². The molecule has 0 radical (unpaired) electrons. The molecule has 24 heavy (non-hydrogen) atoms. The first kappa shape index (κ1) is 17.8. The molecule has 1 saturated heterocycles. The number of rotatable bonds is 4. The summed E-state index contributed by atoms with van der Waals surface area (Å²) in [5.74, 6) is -0.492. The zero-order chi connectivity index (χ0) is 17.2. The average molecular weight is 400 g/mol. The molecular formula is C18H23BrFNO3. The lowest BCUT2D eigenvalue weighted by Crippen LogP contribution is -2.37. The Labute approximate surface area is 150 Å². The van der Waals surface area contributed by atoms with Crippen LogP contribution in [0.2, 0.25) is 0 Å². The van der Waals surface area contributed by atoms with Crippen LogP contribution in [0.5, 0.6) is 0 Å². The van der Waals surface area contributed by atoms with Crippen LogP contribution in [0.3, 0.4) is 0 Å². The van der Waals surface area contributed by atoms with E-state index in [0.717, 1.165) is 32.1 Å². The topological polar surface area (TPSA) is 47.6 Å². The summed E-state index contributed by atoms with van der Waals surface area (Å²) >= 11 is 3.22. The number of hydrogen-bond donors (Lipinski definition) is 1. The number of halogens is 2. The Morgan fingerprint density at radius 2 is 2.04 bits per heavy atom. The fourth-order valence-corrected chi connectivity index (χ4v) is 4.07. The van der Waals surface area contributed by atoms with Gasteiger partial charge >= 0.3 is 0 Å². The van der Waals surface area contributed by atoms with Crippen LogP contribution < -0.4 is 5.32 Å². The Hall–Kier alpha value is -0.980. The molecule has 6 heteroatoms. The van der Waals surface area contributed by atoms with Crippen LogP contribution in [0.4, 0.5) is 4.39 Å². The zero-order valence-electron chi connectivity index (χ0n) is 13.9. The van der Waals surface area contributed by atoms with Crippen LogP contribution in [0.25, 0.3) is 0 Å². The summed E-state index contributed by atoms with van der Waals surface area (Å²) in [7, 11) is 0. The third-order valence-electron chi connectivity index (χ3n) is 4.91. The number of amides is 1. The number of benzene rings is 1. The smallest absolute Gasteiger partial charge is 0.223 e. The van der Waals surface area contributed by atoms with Gasteiger partial charge in [-0.05, 0) is 31.9 Å². The van der Waals surface area contributed by atoms with Crippen LogP contribution >= 0.6 is 15.9 Å². The minimum Gasteiger partial charge on any atom is -0.352 e. The van der Waals surface area contributed by atoms with Crippen LogP contribution in [0, 0.1) is 5.82 Å². The van der Waals surface area contributed by atoms with Crippen molar-refractivity contribution in [2.24, 2.45) is 0 Å². The molecule has 1 unspecified atom stereocenters. The van der Waals surface area contributed by atoms with Gasteiger partial charge in [-0.1, -0.05) is 41.3 Å². The summed E-state index contributed by atoms with van der Waals surface area (Å²) in [5.41, 5.74) is -0.367. The highest BCUT2D eigenvalue weighted by Gasteiger charge is 2.50. The summed E-state index contributed by atoms with van der Waals surface area (Å²) in [5, 5.41) is 2.77. The molecule has 1 spiro atoms. The molecule has 1 amide bonds. The van der Waals surface area contributed by atoms with Gasteiger partial charge in [0.25, 0.3) is 0 Å². The first-order valence-electron chi connectivity index (χ1n) is 8.47. The van der Waals surface area contributed by atoms with Crippen LogP contribution in [-0.2, 0) is 21.1 Å². The van der Waals surface area contributed by atoms with Gasteiger partial charge in [-0.3, -0.25) is 4.79 Å². The molecule has 132 valence electrons. The molecule has 2 aliphatic rings. The van der Waals surface area contributed by atoms with Crippen molar-refractivity contribution in [2.45, 2.75) is 69.6 Å². The molecule has 0 bridgehead atoms. The van der Waals surface area contributed by atoms with E-state index < -0.39 is 5.60 Å². The van der Waals surface area contributed by atoms with Crippen molar-refractivity contribution in [1.29, 1.82) is 0 Å². The number of hydrogen-bond acceptors (Lipinski definition) is 3. The standard InChI is InChI=1S/C18H23BrFNO3/c1-17(12-18(24-23-17)7-3-2-4-8-18)10-16(22)21-11-13-5-6-14(19)9-15(13)20/h5-6,9H,2-4,7-8,10-12H2,1H3,(H,21,22). The largest absolute Gasteiger partial charge is 0.352 e. The number of carbonyl (C=O) groups is 1. The van der Waals surface area contributed by atoms with Crippen LogP contribution in [0.1, 0.15) is 57.4 Å². The van der Waals surface area contributed by atoms with Crippen molar-refractivity contribution < 1.29 is 19.0 Å².